The maximum absolute atomic E-state index is 14.6. The first-order valence-corrected chi connectivity index (χ1v) is 10.6. The first-order valence-electron chi connectivity index (χ1n) is 10.6. The van der Waals surface area contributed by atoms with Crippen LogP contribution < -0.4 is 0 Å². The Morgan fingerprint density at radius 3 is 2.77 bits per heavy atom. The number of aromatic nitrogens is 1. The van der Waals surface area contributed by atoms with Crippen molar-refractivity contribution >= 4 is 16.8 Å². The lowest BCUT2D eigenvalue weighted by Crippen LogP contribution is -2.54. The molecule has 2 aromatic carbocycles. The molecule has 2 saturated heterocycles. The number of benzene rings is 2. The zero-order chi connectivity index (χ0) is 20.6. The summed E-state index contributed by atoms with van der Waals surface area (Å²) >= 11 is 0. The van der Waals surface area contributed by atoms with Crippen LogP contribution in [-0.4, -0.2) is 46.6 Å². The maximum atomic E-state index is 14.6. The molecule has 0 unspecified atom stereocenters. The van der Waals surface area contributed by atoms with Gasteiger partial charge in [0.2, 0.25) is 5.91 Å². The zero-order valence-electron chi connectivity index (χ0n) is 17.1. The Balaban J connectivity index is 1.50. The van der Waals surface area contributed by atoms with E-state index in [4.69, 9.17) is 4.84 Å². The highest BCUT2D eigenvalue weighted by molar-refractivity contribution is 5.99. The minimum atomic E-state index is -0.216. The van der Waals surface area contributed by atoms with Crippen LogP contribution in [-0.2, 0) is 16.1 Å². The van der Waals surface area contributed by atoms with E-state index in [0.29, 0.717) is 12.1 Å². The highest BCUT2D eigenvalue weighted by Gasteiger charge is 2.53. The van der Waals surface area contributed by atoms with E-state index >= 15 is 0 Å². The normalized spacial score (nSPS) is 28.5. The summed E-state index contributed by atoms with van der Waals surface area (Å²) in [6.45, 7) is 2.67. The van der Waals surface area contributed by atoms with Gasteiger partial charge in [-0.25, -0.2) is 4.39 Å². The SMILES string of the molecule is C[C@@H]1ON(C)[C@H]2C[C@H]3c4[nH]c5cccc(-c6ccccc6F)c5c4CCN3C(=O)[C@@H]12. The quantitative estimate of drug-likeness (QED) is 0.664. The predicted octanol–water partition coefficient (Wildman–Crippen LogP) is 4.05. The van der Waals surface area contributed by atoms with Crippen molar-refractivity contribution in [2.45, 2.75) is 38.0 Å². The van der Waals surface area contributed by atoms with Crippen molar-refractivity contribution in [2.75, 3.05) is 13.6 Å². The van der Waals surface area contributed by atoms with Gasteiger partial charge in [0.1, 0.15) is 5.82 Å². The minimum Gasteiger partial charge on any atom is -0.356 e. The summed E-state index contributed by atoms with van der Waals surface area (Å²) in [4.78, 5) is 24.8. The van der Waals surface area contributed by atoms with Crippen LogP contribution in [0.4, 0.5) is 4.39 Å². The minimum absolute atomic E-state index is 0.000259. The molecular formula is C24H24FN3O2. The van der Waals surface area contributed by atoms with Crippen LogP contribution in [0.1, 0.15) is 30.6 Å². The molecule has 3 aliphatic rings. The molecule has 0 spiro atoms. The van der Waals surface area contributed by atoms with Gasteiger partial charge in [0.15, 0.2) is 0 Å². The fourth-order valence-corrected chi connectivity index (χ4v) is 5.86. The summed E-state index contributed by atoms with van der Waals surface area (Å²) in [5.41, 5.74) is 4.84. The highest BCUT2D eigenvalue weighted by atomic mass is 19.1. The largest absolute Gasteiger partial charge is 0.356 e. The second-order valence-corrected chi connectivity index (χ2v) is 8.71. The van der Waals surface area contributed by atoms with Crippen molar-refractivity contribution in [3.05, 3.63) is 59.5 Å². The van der Waals surface area contributed by atoms with Crippen molar-refractivity contribution < 1.29 is 14.0 Å². The lowest BCUT2D eigenvalue weighted by atomic mass is 9.80. The molecule has 30 heavy (non-hydrogen) atoms. The summed E-state index contributed by atoms with van der Waals surface area (Å²) in [5.74, 6) is -0.135. The number of nitrogens with one attached hydrogen (secondary N) is 1. The Hall–Kier alpha value is -2.70. The third kappa shape index (κ3) is 2.38. The number of carbonyl (C=O) groups is 1. The fourth-order valence-electron chi connectivity index (χ4n) is 5.86. The summed E-state index contributed by atoms with van der Waals surface area (Å²) in [7, 11) is 1.93. The number of H-pyrrole nitrogens is 1. The molecule has 3 aliphatic heterocycles. The second kappa shape index (κ2) is 6.40. The average Bonchev–Trinajstić information content (AvgIpc) is 3.26. The van der Waals surface area contributed by atoms with Crippen molar-refractivity contribution in [3.63, 3.8) is 0 Å². The van der Waals surface area contributed by atoms with Crippen molar-refractivity contribution in [1.29, 1.82) is 0 Å². The highest BCUT2D eigenvalue weighted by Crippen LogP contribution is 2.47. The number of piperidine rings is 1. The van der Waals surface area contributed by atoms with Crippen molar-refractivity contribution in [2.24, 2.45) is 5.92 Å². The van der Waals surface area contributed by atoms with Gasteiger partial charge >= 0.3 is 0 Å². The molecule has 5 nitrogen and oxygen atoms in total. The lowest BCUT2D eigenvalue weighted by molar-refractivity contribution is -0.146. The molecule has 6 rings (SSSR count). The number of rotatable bonds is 1. The molecule has 0 radical (unpaired) electrons. The molecule has 0 aliphatic carbocycles. The van der Waals surface area contributed by atoms with Gasteiger partial charge in [0, 0.05) is 35.8 Å². The molecular weight excluding hydrogens is 381 g/mol. The number of fused-ring (bicyclic) bond motifs is 6. The second-order valence-electron chi connectivity index (χ2n) is 8.71. The van der Waals surface area contributed by atoms with Crippen molar-refractivity contribution in [3.8, 4) is 11.1 Å². The van der Waals surface area contributed by atoms with E-state index < -0.39 is 0 Å². The van der Waals surface area contributed by atoms with Crippen LogP contribution in [0.2, 0.25) is 0 Å². The van der Waals surface area contributed by atoms with Crippen LogP contribution >= 0.6 is 0 Å². The molecule has 1 N–H and O–H groups in total. The van der Waals surface area contributed by atoms with Crippen LogP contribution in [0.25, 0.3) is 22.0 Å². The molecule has 4 atom stereocenters. The van der Waals surface area contributed by atoms with Gasteiger partial charge < -0.3 is 9.88 Å². The van der Waals surface area contributed by atoms with E-state index in [1.54, 1.807) is 6.07 Å². The Kier molecular flexibility index (Phi) is 3.86. The number of hydrogen-bond acceptors (Lipinski definition) is 3. The van der Waals surface area contributed by atoms with E-state index in [-0.39, 0.29) is 35.8 Å². The van der Waals surface area contributed by atoms with Crippen LogP contribution in [0, 0.1) is 11.7 Å². The number of nitrogens with zero attached hydrogens (tertiary/aromatic N) is 2. The Morgan fingerprint density at radius 2 is 1.93 bits per heavy atom. The van der Waals surface area contributed by atoms with E-state index in [1.807, 2.05) is 54.3 Å². The number of hydrogen-bond donors (Lipinski definition) is 1. The first-order chi connectivity index (χ1) is 14.5. The van der Waals surface area contributed by atoms with Gasteiger partial charge in [-0.1, -0.05) is 30.3 Å². The first kappa shape index (κ1) is 18.1. The molecule has 154 valence electrons. The van der Waals surface area contributed by atoms with Gasteiger partial charge in [0.05, 0.1) is 24.1 Å². The van der Waals surface area contributed by atoms with Gasteiger partial charge in [0.25, 0.3) is 0 Å². The van der Waals surface area contributed by atoms with Crippen LogP contribution in [0.3, 0.4) is 0 Å². The summed E-state index contributed by atoms with van der Waals surface area (Å²) in [6, 6.07) is 13.0. The number of aromatic amines is 1. The standard InChI is InChI=1S/C24H24FN3O2/c1-13-21-19(27(2)30-13)12-20-23-16(10-11-28(20)24(21)29)22-15(7-5-9-18(22)26-23)14-6-3-4-8-17(14)25/h3-9,13,19-21,26H,10-12H2,1-2H3/t13-,19-,20-,21-/m0/s1. The predicted molar refractivity (Wildman–Crippen MR) is 112 cm³/mol. The van der Waals surface area contributed by atoms with Gasteiger partial charge in [-0.15, -0.1) is 0 Å². The molecule has 3 aromatic rings. The average molecular weight is 405 g/mol. The van der Waals surface area contributed by atoms with Gasteiger partial charge in [-0.05, 0) is 43.0 Å². The van der Waals surface area contributed by atoms with Crippen LogP contribution in [0.5, 0.6) is 0 Å². The molecule has 4 heterocycles. The summed E-state index contributed by atoms with van der Waals surface area (Å²) in [6.07, 6.45) is 1.52. The molecule has 6 heteroatoms. The molecule has 1 amide bonds. The Bertz CT molecular complexity index is 1170. The topological polar surface area (TPSA) is 48.6 Å². The Morgan fingerprint density at radius 1 is 1.13 bits per heavy atom. The van der Waals surface area contributed by atoms with Gasteiger partial charge in [-0.3, -0.25) is 9.63 Å². The summed E-state index contributed by atoms with van der Waals surface area (Å²) < 4.78 is 14.6. The van der Waals surface area contributed by atoms with E-state index in [9.17, 15) is 9.18 Å². The van der Waals surface area contributed by atoms with E-state index in [0.717, 1.165) is 35.0 Å². The molecule has 1 aromatic heterocycles. The zero-order valence-corrected chi connectivity index (χ0v) is 17.1. The smallest absolute Gasteiger partial charge is 0.230 e. The number of carbonyl (C=O) groups excluding carboxylic acids is 1. The monoisotopic (exact) mass is 405 g/mol. The molecule has 0 bridgehead atoms. The molecule has 0 saturated carbocycles. The van der Waals surface area contributed by atoms with Crippen molar-refractivity contribution in [1.82, 2.24) is 14.9 Å². The summed E-state index contributed by atoms with van der Waals surface area (Å²) in [5, 5.41) is 2.95. The third-order valence-electron chi connectivity index (χ3n) is 7.19. The number of halogens is 1. The lowest BCUT2D eigenvalue weighted by Gasteiger charge is -2.44. The van der Waals surface area contributed by atoms with Crippen LogP contribution in [0.15, 0.2) is 42.5 Å². The number of amides is 1. The van der Waals surface area contributed by atoms with E-state index in [2.05, 4.69) is 4.98 Å². The molecule has 2 fully saturated rings. The van der Waals surface area contributed by atoms with Gasteiger partial charge in [-0.2, -0.15) is 5.06 Å². The third-order valence-corrected chi connectivity index (χ3v) is 7.19. The number of hydroxylamine groups is 2. The maximum Gasteiger partial charge on any atom is 0.230 e. The Labute approximate surface area is 174 Å². The fraction of sp³-hybridized carbons (Fsp3) is 0.375. The van der Waals surface area contributed by atoms with E-state index in [1.165, 1.54) is 11.6 Å².